The molecule has 3 atom stereocenters. The Morgan fingerprint density at radius 1 is 1.36 bits per heavy atom. The van der Waals surface area contributed by atoms with Gasteiger partial charge in [0.2, 0.25) is 0 Å². The number of nitrogens with zero attached hydrogens (tertiary/aromatic N) is 1. The van der Waals surface area contributed by atoms with E-state index < -0.39 is 0 Å². The predicted molar refractivity (Wildman–Crippen MR) is 91.6 cm³/mol. The Bertz CT molecular complexity index is 502. The van der Waals surface area contributed by atoms with E-state index in [9.17, 15) is 5.11 Å². The number of aliphatic hydroxyl groups is 1. The third-order valence-electron chi connectivity index (χ3n) is 5.99. The summed E-state index contributed by atoms with van der Waals surface area (Å²) >= 11 is 0. The van der Waals surface area contributed by atoms with Gasteiger partial charge in [0.15, 0.2) is 0 Å². The van der Waals surface area contributed by atoms with Gasteiger partial charge >= 0.3 is 0 Å². The lowest BCUT2D eigenvalue weighted by Crippen LogP contribution is -2.53. The maximum Gasteiger partial charge on any atom is 0.119 e. The Kier molecular flexibility index (Phi) is 5.51. The molecule has 1 fully saturated rings. The first-order valence-electron chi connectivity index (χ1n) is 8.48. The van der Waals surface area contributed by atoms with Crippen molar-refractivity contribution in [1.82, 2.24) is 4.90 Å². The minimum atomic E-state index is 0.0422. The van der Waals surface area contributed by atoms with Gasteiger partial charge in [0.05, 0.1) is 7.11 Å². The molecule has 1 aliphatic rings. The average molecular weight is 305 g/mol. The van der Waals surface area contributed by atoms with Crippen LogP contribution < -0.4 is 4.74 Å². The summed E-state index contributed by atoms with van der Waals surface area (Å²) < 4.78 is 5.48. The van der Waals surface area contributed by atoms with Gasteiger partial charge in [-0.3, -0.25) is 0 Å². The molecule has 0 aromatic heterocycles. The van der Waals surface area contributed by atoms with Crippen LogP contribution in [-0.2, 0) is 11.8 Å². The van der Waals surface area contributed by atoms with Crippen LogP contribution in [0.15, 0.2) is 18.2 Å². The summed E-state index contributed by atoms with van der Waals surface area (Å²) in [6.45, 7) is 8.17. The van der Waals surface area contributed by atoms with E-state index in [1.165, 1.54) is 11.1 Å². The van der Waals surface area contributed by atoms with Crippen LogP contribution in [0.2, 0.25) is 0 Å². The highest BCUT2D eigenvalue weighted by Gasteiger charge is 2.45. The summed E-state index contributed by atoms with van der Waals surface area (Å²) in [7, 11) is 3.93. The van der Waals surface area contributed by atoms with E-state index in [-0.39, 0.29) is 12.0 Å². The molecule has 1 aromatic carbocycles. The lowest BCUT2D eigenvalue weighted by Gasteiger charge is -2.51. The fraction of sp³-hybridized carbons (Fsp3) is 0.684. The van der Waals surface area contributed by atoms with Crippen LogP contribution in [0.1, 0.15) is 44.7 Å². The second-order valence-corrected chi connectivity index (χ2v) is 6.77. The summed E-state index contributed by atoms with van der Waals surface area (Å²) in [6, 6.07) is 6.97. The number of benzene rings is 1. The lowest BCUT2D eigenvalue weighted by atomic mass is 9.61. The number of aliphatic hydroxyl groups excluding tert-OH is 1. The van der Waals surface area contributed by atoms with E-state index in [0.29, 0.717) is 12.0 Å². The van der Waals surface area contributed by atoms with Crippen LogP contribution in [0.5, 0.6) is 5.75 Å². The Hall–Kier alpha value is -1.06. The van der Waals surface area contributed by atoms with Crippen LogP contribution in [0.3, 0.4) is 0 Å². The van der Waals surface area contributed by atoms with Gasteiger partial charge in [-0.2, -0.15) is 0 Å². The average Bonchev–Trinajstić information content (AvgIpc) is 2.55. The van der Waals surface area contributed by atoms with Crippen molar-refractivity contribution in [3.05, 3.63) is 29.3 Å². The van der Waals surface area contributed by atoms with Crippen molar-refractivity contribution in [3.8, 4) is 5.75 Å². The molecule has 1 heterocycles. The molecule has 1 N–H and O–H groups in total. The molecule has 0 saturated carbocycles. The second-order valence-electron chi connectivity index (χ2n) is 6.77. The highest BCUT2D eigenvalue weighted by molar-refractivity contribution is 5.42. The molecule has 0 aliphatic carbocycles. The van der Waals surface area contributed by atoms with Crippen molar-refractivity contribution in [1.29, 1.82) is 0 Å². The summed E-state index contributed by atoms with van der Waals surface area (Å²) in [6.07, 6.45) is 2.94. The van der Waals surface area contributed by atoms with Crippen LogP contribution in [0.4, 0.5) is 0 Å². The first kappa shape index (κ1) is 17.3. The molecule has 124 valence electrons. The van der Waals surface area contributed by atoms with Crippen molar-refractivity contribution in [2.24, 2.45) is 5.92 Å². The van der Waals surface area contributed by atoms with Crippen LogP contribution in [0, 0.1) is 5.92 Å². The van der Waals surface area contributed by atoms with Gasteiger partial charge in [0, 0.05) is 18.1 Å². The minimum Gasteiger partial charge on any atom is -0.497 e. The number of hydrogen-bond acceptors (Lipinski definition) is 3. The van der Waals surface area contributed by atoms with E-state index in [1.807, 2.05) is 0 Å². The third kappa shape index (κ3) is 2.89. The van der Waals surface area contributed by atoms with E-state index in [1.54, 1.807) is 7.11 Å². The molecule has 1 aromatic rings. The van der Waals surface area contributed by atoms with E-state index in [0.717, 1.165) is 31.6 Å². The quantitative estimate of drug-likeness (QED) is 0.906. The fourth-order valence-corrected chi connectivity index (χ4v) is 4.17. The van der Waals surface area contributed by atoms with Crippen LogP contribution in [-0.4, -0.2) is 43.4 Å². The fourth-order valence-electron chi connectivity index (χ4n) is 4.17. The molecule has 0 spiro atoms. The van der Waals surface area contributed by atoms with E-state index >= 15 is 0 Å². The summed E-state index contributed by atoms with van der Waals surface area (Å²) in [4.78, 5) is 2.44. The standard InChI is InChI=1S/C19H31NO2/c1-6-16-7-8-17(22-5)13-18(16)19(10-12-21)9-11-20(4)15(3)14(19)2/h7-8,13-15,21H,6,9-12H2,1-5H3/t14-,15?,19?/m0/s1. The van der Waals surface area contributed by atoms with Gasteiger partial charge in [0.1, 0.15) is 5.75 Å². The zero-order chi connectivity index (χ0) is 16.3. The van der Waals surface area contributed by atoms with Gasteiger partial charge < -0.3 is 14.7 Å². The van der Waals surface area contributed by atoms with Crippen molar-refractivity contribution >= 4 is 0 Å². The number of piperidine rings is 1. The highest BCUT2D eigenvalue weighted by Crippen LogP contribution is 2.47. The van der Waals surface area contributed by atoms with E-state index in [2.05, 4.69) is 50.9 Å². The number of likely N-dealkylation sites (tertiary alicyclic amines) is 1. The first-order chi connectivity index (χ1) is 10.5. The topological polar surface area (TPSA) is 32.7 Å². The number of hydrogen-bond donors (Lipinski definition) is 1. The maximum absolute atomic E-state index is 9.76. The number of methoxy groups -OCH3 is 1. The number of ether oxygens (including phenoxy) is 1. The highest BCUT2D eigenvalue weighted by atomic mass is 16.5. The van der Waals surface area contributed by atoms with Crippen LogP contribution >= 0.6 is 0 Å². The third-order valence-corrected chi connectivity index (χ3v) is 5.99. The molecule has 3 heteroatoms. The normalized spacial score (nSPS) is 29.5. The summed E-state index contributed by atoms with van der Waals surface area (Å²) in [5.41, 5.74) is 2.81. The second kappa shape index (κ2) is 7.01. The SMILES string of the molecule is CCc1ccc(OC)cc1C1(CCO)CCN(C)C(C)[C@@H]1C. The molecule has 0 radical (unpaired) electrons. The van der Waals surface area contributed by atoms with E-state index in [4.69, 9.17) is 4.74 Å². The molecule has 1 aliphatic heterocycles. The molecule has 2 rings (SSSR count). The molecule has 0 bridgehead atoms. The van der Waals surface area contributed by atoms with Gasteiger partial charge in [-0.1, -0.05) is 19.9 Å². The number of aryl methyl sites for hydroxylation is 1. The zero-order valence-electron chi connectivity index (χ0n) is 14.7. The summed E-state index contributed by atoms with van der Waals surface area (Å²) in [5.74, 6) is 1.42. The molecule has 2 unspecified atom stereocenters. The number of rotatable bonds is 5. The Labute approximate surface area is 135 Å². The van der Waals surface area contributed by atoms with Crippen LogP contribution in [0.25, 0.3) is 0 Å². The lowest BCUT2D eigenvalue weighted by molar-refractivity contribution is 0.0467. The van der Waals surface area contributed by atoms with Gasteiger partial charge in [-0.25, -0.2) is 0 Å². The smallest absolute Gasteiger partial charge is 0.119 e. The Morgan fingerprint density at radius 2 is 2.09 bits per heavy atom. The van der Waals surface area contributed by atoms with Gasteiger partial charge in [-0.05, 0) is 69.0 Å². The molecule has 0 amide bonds. The molecular formula is C19H31NO2. The molecular weight excluding hydrogens is 274 g/mol. The van der Waals surface area contributed by atoms with Crippen molar-refractivity contribution < 1.29 is 9.84 Å². The Morgan fingerprint density at radius 3 is 2.68 bits per heavy atom. The minimum absolute atomic E-state index is 0.0422. The largest absolute Gasteiger partial charge is 0.497 e. The maximum atomic E-state index is 9.76. The van der Waals surface area contributed by atoms with Crippen molar-refractivity contribution in [3.63, 3.8) is 0 Å². The van der Waals surface area contributed by atoms with Gasteiger partial charge in [0.25, 0.3) is 0 Å². The Balaban J connectivity index is 2.56. The predicted octanol–water partition coefficient (Wildman–Crippen LogP) is 3.24. The zero-order valence-corrected chi connectivity index (χ0v) is 14.7. The van der Waals surface area contributed by atoms with Gasteiger partial charge in [-0.15, -0.1) is 0 Å². The molecule has 22 heavy (non-hydrogen) atoms. The van der Waals surface area contributed by atoms with Crippen molar-refractivity contribution in [2.45, 2.75) is 51.5 Å². The molecule has 1 saturated heterocycles. The monoisotopic (exact) mass is 305 g/mol. The van der Waals surface area contributed by atoms with Crippen molar-refractivity contribution in [2.75, 3.05) is 27.3 Å². The first-order valence-corrected chi connectivity index (χ1v) is 8.48. The molecule has 3 nitrogen and oxygen atoms in total. The summed E-state index contributed by atoms with van der Waals surface area (Å²) in [5, 5.41) is 9.76.